The molecule has 118 valence electrons. The Hall–Kier alpha value is -0.490. The first-order chi connectivity index (χ1) is 10.3. The molecule has 1 N–H and O–H groups in total. The van der Waals surface area contributed by atoms with Crippen molar-refractivity contribution in [3.05, 3.63) is 15.6 Å². The summed E-state index contributed by atoms with van der Waals surface area (Å²) in [6.45, 7) is 12.7. The number of rotatable bonds is 5. The van der Waals surface area contributed by atoms with Gasteiger partial charge in [-0.25, -0.2) is 4.98 Å². The van der Waals surface area contributed by atoms with Gasteiger partial charge in [0.1, 0.15) is 5.01 Å². The zero-order valence-electron chi connectivity index (χ0n) is 13.4. The highest BCUT2D eigenvalue weighted by Crippen LogP contribution is 2.33. The third kappa shape index (κ3) is 3.47. The number of hydrogen-bond acceptors (Lipinski definition) is 5. The van der Waals surface area contributed by atoms with Crippen LogP contribution in [0.4, 0.5) is 0 Å². The summed E-state index contributed by atoms with van der Waals surface area (Å²) in [5.74, 6) is 0. The minimum atomic E-state index is 0.530. The largest absolute Gasteiger partial charge is 0.314 e. The van der Waals surface area contributed by atoms with Crippen molar-refractivity contribution in [2.45, 2.75) is 45.7 Å². The maximum absolute atomic E-state index is 5.02. The van der Waals surface area contributed by atoms with E-state index in [9.17, 15) is 0 Å². The Morgan fingerprint density at radius 2 is 2.05 bits per heavy atom. The summed E-state index contributed by atoms with van der Waals surface area (Å²) in [5.41, 5.74) is 1.39. The van der Waals surface area contributed by atoms with Gasteiger partial charge >= 0.3 is 0 Å². The lowest BCUT2D eigenvalue weighted by molar-refractivity contribution is 0.169. The lowest BCUT2D eigenvalue weighted by Crippen LogP contribution is -2.45. The zero-order valence-corrected chi connectivity index (χ0v) is 14.2. The van der Waals surface area contributed by atoms with Crippen LogP contribution in [0, 0.1) is 0 Å². The first-order valence-corrected chi connectivity index (χ1v) is 9.29. The van der Waals surface area contributed by atoms with E-state index in [1.807, 2.05) is 11.3 Å². The van der Waals surface area contributed by atoms with Gasteiger partial charge in [0, 0.05) is 50.6 Å². The van der Waals surface area contributed by atoms with Gasteiger partial charge in [0.05, 0.1) is 11.7 Å². The fraction of sp³-hybridized carbons (Fsp3) is 0.812. The Balaban J connectivity index is 1.73. The first kappa shape index (κ1) is 15.4. The van der Waals surface area contributed by atoms with Gasteiger partial charge in [0.25, 0.3) is 0 Å². The van der Waals surface area contributed by atoms with Crippen molar-refractivity contribution < 1.29 is 0 Å². The molecule has 1 aromatic heterocycles. The third-order valence-electron chi connectivity index (χ3n) is 4.63. The summed E-state index contributed by atoms with van der Waals surface area (Å²) in [6, 6.07) is 0.530. The molecule has 21 heavy (non-hydrogen) atoms. The molecule has 3 heterocycles. The van der Waals surface area contributed by atoms with Crippen LogP contribution in [0.3, 0.4) is 0 Å². The lowest BCUT2D eigenvalue weighted by Gasteiger charge is -2.33. The van der Waals surface area contributed by atoms with Crippen molar-refractivity contribution in [2.24, 2.45) is 0 Å². The van der Waals surface area contributed by atoms with E-state index in [0.717, 1.165) is 39.1 Å². The molecule has 2 aliphatic heterocycles. The summed E-state index contributed by atoms with van der Waals surface area (Å²) in [5, 5.41) is 4.81. The van der Waals surface area contributed by atoms with Gasteiger partial charge in [-0.05, 0) is 19.4 Å². The fourth-order valence-electron chi connectivity index (χ4n) is 3.50. The quantitative estimate of drug-likeness (QED) is 0.904. The van der Waals surface area contributed by atoms with Crippen LogP contribution < -0.4 is 5.32 Å². The van der Waals surface area contributed by atoms with Gasteiger partial charge in [-0.15, -0.1) is 11.3 Å². The molecule has 1 unspecified atom stereocenters. The predicted octanol–water partition coefficient (Wildman–Crippen LogP) is 2.27. The van der Waals surface area contributed by atoms with Crippen LogP contribution in [0.5, 0.6) is 0 Å². The maximum atomic E-state index is 5.02. The zero-order chi connectivity index (χ0) is 14.7. The molecule has 0 radical (unpaired) electrons. The lowest BCUT2D eigenvalue weighted by atomic mass is 10.1. The Bertz CT molecular complexity index is 453. The highest BCUT2D eigenvalue weighted by Gasteiger charge is 2.27. The fourth-order valence-corrected chi connectivity index (χ4v) is 4.87. The molecule has 0 saturated carbocycles. The van der Waals surface area contributed by atoms with E-state index in [2.05, 4.69) is 29.0 Å². The molecular formula is C16H28N4S. The topological polar surface area (TPSA) is 31.4 Å². The molecule has 0 spiro atoms. The summed E-state index contributed by atoms with van der Waals surface area (Å²) in [7, 11) is 0. The molecule has 1 fully saturated rings. The third-order valence-corrected chi connectivity index (χ3v) is 5.81. The van der Waals surface area contributed by atoms with Crippen molar-refractivity contribution in [3.63, 3.8) is 0 Å². The Kier molecular flexibility index (Phi) is 5.27. The minimum absolute atomic E-state index is 0.530. The molecule has 0 aliphatic carbocycles. The van der Waals surface area contributed by atoms with E-state index in [0.29, 0.717) is 6.04 Å². The number of fused-ring (bicyclic) bond motifs is 1. The van der Waals surface area contributed by atoms with Crippen molar-refractivity contribution in [1.82, 2.24) is 20.1 Å². The van der Waals surface area contributed by atoms with Crippen LogP contribution >= 0.6 is 11.3 Å². The van der Waals surface area contributed by atoms with E-state index in [1.54, 1.807) is 0 Å². The summed E-state index contributed by atoms with van der Waals surface area (Å²) >= 11 is 1.98. The molecule has 5 heteroatoms. The Labute approximate surface area is 132 Å². The predicted molar refractivity (Wildman–Crippen MR) is 88.9 cm³/mol. The molecule has 2 aliphatic rings. The molecule has 3 rings (SSSR count). The second kappa shape index (κ2) is 7.18. The van der Waals surface area contributed by atoms with Crippen LogP contribution in [-0.2, 0) is 13.0 Å². The van der Waals surface area contributed by atoms with Crippen molar-refractivity contribution in [2.75, 3.05) is 39.3 Å². The van der Waals surface area contributed by atoms with E-state index in [-0.39, 0.29) is 0 Å². The number of hydrogen-bond donors (Lipinski definition) is 1. The molecule has 0 aromatic carbocycles. The number of aromatic nitrogens is 1. The average Bonchev–Trinajstić information content (AvgIpc) is 2.92. The summed E-state index contributed by atoms with van der Waals surface area (Å²) in [6.07, 6.45) is 3.56. The van der Waals surface area contributed by atoms with Crippen LogP contribution in [0.15, 0.2) is 0 Å². The highest BCUT2D eigenvalue weighted by atomic mass is 32.1. The number of nitrogens with one attached hydrogen (secondary N) is 1. The van der Waals surface area contributed by atoms with E-state index in [1.165, 1.54) is 41.5 Å². The van der Waals surface area contributed by atoms with Crippen LogP contribution in [0.25, 0.3) is 0 Å². The molecular weight excluding hydrogens is 280 g/mol. The van der Waals surface area contributed by atoms with Crippen LogP contribution in [0.2, 0.25) is 0 Å². The molecule has 1 atom stereocenters. The SMILES string of the molecule is CCCN1CCc2nc(C(CC)N3CCNCC3)sc2C1. The second-order valence-corrected chi connectivity index (χ2v) is 7.27. The molecule has 0 amide bonds. The van der Waals surface area contributed by atoms with Gasteiger partial charge in [-0.2, -0.15) is 0 Å². The Morgan fingerprint density at radius 1 is 1.24 bits per heavy atom. The molecule has 0 bridgehead atoms. The number of piperazine rings is 1. The maximum Gasteiger partial charge on any atom is 0.110 e. The van der Waals surface area contributed by atoms with E-state index < -0.39 is 0 Å². The normalized spacial score (nSPS) is 22.2. The number of nitrogens with zero attached hydrogens (tertiary/aromatic N) is 3. The van der Waals surface area contributed by atoms with E-state index >= 15 is 0 Å². The first-order valence-electron chi connectivity index (χ1n) is 8.47. The monoisotopic (exact) mass is 308 g/mol. The van der Waals surface area contributed by atoms with E-state index in [4.69, 9.17) is 4.98 Å². The average molecular weight is 308 g/mol. The highest BCUT2D eigenvalue weighted by molar-refractivity contribution is 7.11. The van der Waals surface area contributed by atoms with Gasteiger partial charge < -0.3 is 5.32 Å². The van der Waals surface area contributed by atoms with Crippen molar-refractivity contribution in [1.29, 1.82) is 0 Å². The van der Waals surface area contributed by atoms with Gasteiger partial charge in [0.15, 0.2) is 0 Å². The smallest absolute Gasteiger partial charge is 0.110 e. The number of thiazole rings is 1. The Morgan fingerprint density at radius 3 is 2.76 bits per heavy atom. The van der Waals surface area contributed by atoms with Crippen LogP contribution in [-0.4, -0.2) is 54.1 Å². The van der Waals surface area contributed by atoms with Crippen LogP contribution in [0.1, 0.15) is 48.3 Å². The van der Waals surface area contributed by atoms with Gasteiger partial charge in [0.2, 0.25) is 0 Å². The minimum Gasteiger partial charge on any atom is -0.314 e. The van der Waals surface area contributed by atoms with Gasteiger partial charge in [-0.1, -0.05) is 13.8 Å². The molecule has 4 nitrogen and oxygen atoms in total. The van der Waals surface area contributed by atoms with Gasteiger partial charge in [-0.3, -0.25) is 9.80 Å². The second-order valence-electron chi connectivity index (χ2n) is 6.16. The van der Waals surface area contributed by atoms with Crippen molar-refractivity contribution >= 4 is 11.3 Å². The van der Waals surface area contributed by atoms with Crippen molar-refractivity contribution in [3.8, 4) is 0 Å². The molecule has 1 aromatic rings. The summed E-state index contributed by atoms with van der Waals surface area (Å²) in [4.78, 5) is 11.7. The standard InChI is InChI=1S/C16H28N4S/c1-3-8-19-9-5-13-15(12-19)21-16(18-13)14(4-2)20-10-6-17-7-11-20/h14,17H,3-12H2,1-2H3. The summed E-state index contributed by atoms with van der Waals surface area (Å²) < 4.78 is 0. The molecule has 1 saturated heterocycles.